The maximum Gasteiger partial charge on any atom is 0.337 e. The minimum absolute atomic E-state index is 0.0284. The van der Waals surface area contributed by atoms with Gasteiger partial charge in [-0.2, -0.15) is 0 Å². The molecule has 0 amide bonds. The van der Waals surface area contributed by atoms with Gasteiger partial charge in [0.2, 0.25) is 5.78 Å². The van der Waals surface area contributed by atoms with Gasteiger partial charge in [0.15, 0.2) is 5.84 Å². The van der Waals surface area contributed by atoms with E-state index in [0.29, 0.717) is 5.56 Å². The molecule has 0 bridgehead atoms. The highest BCUT2D eigenvalue weighted by atomic mass is 16.4. The average Bonchev–Trinajstić information content (AvgIpc) is 2.77. The number of carbonyl (C=O) groups excluding carboxylic acids is 1. The smallest absolute Gasteiger partial charge is 0.337 e. The first kappa shape index (κ1) is 12.1. The Hall–Kier alpha value is -2.95. The third-order valence-electron chi connectivity index (χ3n) is 2.99. The summed E-state index contributed by atoms with van der Waals surface area (Å²) in [5.74, 6) is -1.26. The molecule has 1 heterocycles. The molecule has 0 atom stereocenters. The lowest BCUT2D eigenvalue weighted by Crippen LogP contribution is -2.19. The number of rotatable bonds is 2. The van der Waals surface area contributed by atoms with Gasteiger partial charge < -0.3 is 10.4 Å². The normalized spacial score (nSPS) is 12.8. The monoisotopic (exact) mass is 266 g/mol. The van der Waals surface area contributed by atoms with Gasteiger partial charge in [-0.3, -0.25) is 4.79 Å². The molecule has 98 valence electrons. The second kappa shape index (κ2) is 4.62. The van der Waals surface area contributed by atoms with Crippen LogP contribution in [0.2, 0.25) is 0 Å². The van der Waals surface area contributed by atoms with Crippen molar-refractivity contribution in [1.82, 2.24) is 0 Å². The number of fused-ring (bicyclic) bond motifs is 1. The molecule has 1 aliphatic heterocycles. The fourth-order valence-corrected chi connectivity index (χ4v) is 2.05. The molecular weight excluding hydrogens is 256 g/mol. The number of carbonyl (C=O) groups is 2. The standard InChI is InChI=1S/C15H10N2O3/c18-13-10-7-4-8-11(15(19)20)12(10)17-14(13)16-9-5-2-1-3-6-9/h1-8H,(H,19,20)(H,16,17,18). The summed E-state index contributed by atoms with van der Waals surface area (Å²) in [5, 5.41) is 12.0. The molecule has 2 aromatic rings. The van der Waals surface area contributed by atoms with E-state index in [1.807, 2.05) is 18.2 Å². The number of hydrogen-bond acceptors (Lipinski definition) is 4. The summed E-state index contributed by atoms with van der Waals surface area (Å²) in [6, 6.07) is 13.7. The number of aromatic carboxylic acids is 1. The van der Waals surface area contributed by atoms with Crippen molar-refractivity contribution < 1.29 is 14.7 Å². The second-order valence-electron chi connectivity index (χ2n) is 4.29. The minimum Gasteiger partial charge on any atom is -0.478 e. The van der Waals surface area contributed by atoms with Crippen LogP contribution in [0.5, 0.6) is 0 Å². The summed E-state index contributed by atoms with van der Waals surface area (Å²) < 4.78 is 0. The van der Waals surface area contributed by atoms with Gasteiger partial charge in [-0.1, -0.05) is 24.3 Å². The number of para-hydroxylation sites is 2. The first-order valence-electron chi connectivity index (χ1n) is 5.98. The Bertz CT molecular complexity index is 736. The fourth-order valence-electron chi connectivity index (χ4n) is 2.05. The van der Waals surface area contributed by atoms with Crippen molar-refractivity contribution in [1.29, 1.82) is 0 Å². The molecule has 5 heteroatoms. The molecule has 0 unspecified atom stereocenters. The van der Waals surface area contributed by atoms with Crippen molar-refractivity contribution in [3.05, 3.63) is 59.7 Å². The quantitative estimate of drug-likeness (QED) is 0.876. The second-order valence-corrected chi connectivity index (χ2v) is 4.29. The molecule has 2 aromatic carbocycles. The Balaban J connectivity index is 2.00. The summed E-state index contributed by atoms with van der Waals surface area (Å²) in [5.41, 5.74) is 1.27. The highest BCUT2D eigenvalue weighted by Crippen LogP contribution is 2.31. The number of carboxylic acids is 1. The number of hydrogen-bond donors (Lipinski definition) is 2. The number of carboxylic acid groups (broad SMARTS) is 1. The molecule has 5 nitrogen and oxygen atoms in total. The van der Waals surface area contributed by atoms with E-state index >= 15 is 0 Å². The summed E-state index contributed by atoms with van der Waals surface area (Å²) in [6.07, 6.45) is 0. The molecule has 0 fully saturated rings. The predicted molar refractivity (Wildman–Crippen MR) is 74.9 cm³/mol. The first-order valence-corrected chi connectivity index (χ1v) is 5.98. The Kier molecular flexibility index (Phi) is 2.80. The number of ketones is 1. The van der Waals surface area contributed by atoms with Gasteiger partial charge in [0.25, 0.3) is 0 Å². The third-order valence-corrected chi connectivity index (χ3v) is 2.99. The molecule has 0 saturated heterocycles. The Morgan fingerprint density at radius 2 is 1.80 bits per heavy atom. The van der Waals surface area contributed by atoms with E-state index < -0.39 is 5.97 Å². The van der Waals surface area contributed by atoms with Crippen LogP contribution in [0.15, 0.2) is 53.5 Å². The van der Waals surface area contributed by atoms with E-state index in [0.717, 1.165) is 5.69 Å². The lowest BCUT2D eigenvalue weighted by molar-refractivity contribution is 0.0698. The molecule has 2 N–H and O–H groups in total. The molecule has 0 radical (unpaired) electrons. The number of anilines is 1. The van der Waals surface area contributed by atoms with Gasteiger partial charge in [-0.15, -0.1) is 0 Å². The Morgan fingerprint density at radius 3 is 2.50 bits per heavy atom. The third kappa shape index (κ3) is 1.95. The summed E-state index contributed by atoms with van der Waals surface area (Å²) in [7, 11) is 0. The van der Waals surface area contributed by atoms with Crippen molar-refractivity contribution in [3.8, 4) is 0 Å². The van der Waals surface area contributed by atoms with E-state index in [-0.39, 0.29) is 22.9 Å². The van der Waals surface area contributed by atoms with Crippen molar-refractivity contribution in [2.75, 3.05) is 5.32 Å². The number of nitrogens with zero attached hydrogens (tertiary/aromatic N) is 1. The molecule has 0 aromatic heterocycles. The molecule has 20 heavy (non-hydrogen) atoms. The zero-order chi connectivity index (χ0) is 14.1. The molecule has 0 aliphatic carbocycles. The lowest BCUT2D eigenvalue weighted by atomic mass is 10.1. The molecule has 1 aliphatic rings. The van der Waals surface area contributed by atoms with Crippen LogP contribution in [-0.4, -0.2) is 22.7 Å². The van der Waals surface area contributed by atoms with Crippen molar-refractivity contribution in [3.63, 3.8) is 0 Å². The van der Waals surface area contributed by atoms with E-state index in [2.05, 4.69) is 10.3 Å². The van der Waals surface area contributed by atoms with Gasteiger partial charge in [0.1, 0.15) is 0 Å². The van der Waals surface area contributed by atoms with Crippen LogP contribution >= 0.6 is 0 Å². The first-order chi connectivity index (χ1) is 9.66. The average molecular weight is 266 g/mol. The summed E-state index contributed by atoms with van der Waals surface area (Å²) in [4.78, 5) is 27.4. The van der Waals surface area contributed by atoms with Crippen molar-refractivity contribution >= 4 is 29.0 Å². The zero-order valence-corrected chi connectivity index (χ0v) is 10.3. The van der Waals surface area contributed by atoms with Gasteiger partial charge in [-0.25, -0.2) is 9.79 Å². The number of benzene rings is 2. The summed E-state index contributed by atoms with van der Waals surface area (Å²) >= 11 is 0. The maximum atomic E-state index is 12.2. The van der Waals surface area contributed by atoms with Crippen LogP contribution in [0.1, 0.15) is 20.7 Å². The van der Waals surface area contributed by atoms with Crippen LogP contribution in [0.3, 0.4) is 0 Å². The summed E-state index contributed by atoms with van der Waals surface area (Å²) in [6.45, 7) is 0. The van der Waals surface area contributed by atoms with E-state index in [9.17, 15) is 9.59 Å². The topological polar surface area (TPSA) is 78.8 Å². The molecule has 0 saturated carbocycles. The van der Waals surface area contributed by atoms with E-state index in [1.165, 1.54) is 6.07 Å². The van der Waals surface area contributed by atoms with Gasteiger partial charge in [0.05, 0.1) is 16.8 Å². The van der Waals surface area contributed by atoms with Crippen LogP contribution < -0.4 is 5.32 Å². The molecule has 0 spiro atoms. The minimum atomic E-state index is -1.10. The largest absolute Gasteiger partial charge is 0.478 e. The van der Waals surface area contributed by atoms with Gasteiger partial charge in [-0.05, 0) is 24.3 Å². The predicted octanol–water partition coefficient (Wildman–Crippen LogP) is 2.72. The van der Waals surface area contributed by atoms with Crippen molar-refractivity contribution in [2.24, 2.45) is 4.99 Å². The number of aliphatic imine (C=N–C) groups is 1. The van der Waals surface area contributed by atoms with Crippen LogP contribution in [-0.2, 0) is 0 Å². The van der Waals surface area contributed by atoms with Crippen LogP contribution in [0.25, 0.3) is 0 Å². The van der Waals surface area contributed by atoms with E-state index in [4.69, 9.17) is 5.11 Å². The van der Waals surface area contributed by atoms with Crippen LogP contribution in [0, 0.1) is 0 Å². The number of Topliss-reactive ketones (excluding diaryl/α,β-unsaturated/α-hetero) is 1. The van der Waals surface area contributed by atoms with Gasteiger partial charge >= 0.3 is 5.97 Å². The Labute approximate surface area is 114 Å². The molecular formula is C15H10N2O3. The van der Waals surface area contributed by atoms with E-state index in [1.54, 1.807) is 24.3 Å². The number of nitrogens with one attached hydrogen (secondary N) is 1. The molecule has 3 rings (SSSR count). The highest BCUT2D eigenvalue weighted by molar-refractivity contribution is 6.52. The number of amidine groups is 1. The highest BCUT2D eigenvalue weighted by Gasteiger charge is 2.28. The maximum absolute atomic E-state index is 12.2. The van der Waals surface area contributed by atoms with Crippen LogP contribution in [0.4, 0.5) is 11.4 Å². The fraction of sp³-hybridized carbons (Fsp3) is 0. The van der Waals surface area contributed by atoms with Crippen molar-refractivity contribution in [2.45, 2.75) is 0 Å². The zero-order valence-electron chi connectivity index (χ0n) is 10.3. The van der Waals surface area contributed by atoms with Gasteiger partial charge in [0, 0.05) is 5.69 Å². The SMILES string of the molecule is O=C(O)c1cccc2c1N=C(Nc1ccccc1)C2=O. The Morgan fingerprint density at radius 1 is 1.05 bits per heavy atom. The lowest BCUT2D eigenvalue weighted by Gasteiger charge is -2.03.